The van der Waals surface area contributed by atoms with Crippen LogP contribution < -0.4 is 0 Å². The number of carbonyl (C=O) groups excluding carboxylic acids is 1. The van der Waals surface area contributed by atoms with Crippen LogP contribution in [-0.2, 0) is 0 Å². The van der Waals surface area contributed by atoms with Gasteiger partial charge in [-0.3, -0.25) is 9.78 Å². The summed E-state index contributed by atoms with van der Waals surface area (Å²) in [4.78, 5) is 14.0. The summed E-state index contributed by atoms with van der Waals surface area (Å²) in [6.07, 6.45) is -1.91. The molecule has 72 valence electrons. The lowest BCUT2D eigenvalue weighted by Gasteiger charge is -2.01. The summed E-state index contributed by atoms with van der Waals surface area (Å²) >= 11 is 5.10. The van der Waals surface area contributed by atoms with E-state index in [4.69, 9.17) is 16.9 Å². The Morgan fingerprint density at radius 3 is 2.71 bits per heavy atom. The lowest BCUT2D eigenvalue weighted by Crippen LogP contribution is -1.99. The maximum Gasteiger partial charge on any atom is 0.280 e. The van der Waals surface area contributed by atoms with E-state index < -0.39 is 17.4 Å². The lowest BCUT2D eigenvalue weighted by molar-refractivity contribution is 0.107. The lowest BCUT2D eigenvalue weighted by atomic mass is 10.1. The number of pyridine rings is 1. The first-order valence-corrected chi connectivity index (χ1v) is 3.82. The second-order valence-corrected chi connectivity index (χ2v) is 2.68. The molecule has 0 amide bonds. The molecular weight excluding hydrogens is 214 g/mol. The van der Waals surface area contributed by atoms with Crippen molar-refractivity contribution >= 4 is 16.8 Å². The fraction of sp³-hybridized carbons (Fsp3) is 0.125. The summed E-state index contributed by atoms with van der Waals surface area (Å²) in [5.74, 6) is 0. The van der Waals surface area contributed by atoms with Crippen molar-refractivity contribution in [2.24, 2.45) is 0 Å². The number of rotatable bonds is 2. The second-order valence-electron chi connectivity index (χ2n) is 2.34. The maximum absolute atomic E-state index is 12.1. The minimum absolute atomic E-state index is 0.168. The third kappa shape index (κ3) is 2.03. The molecular formula is C8H3ClF2N2O. The zero-order valence-electron chi connectivity index (χ0n) is 6.67. The molecule has 0 saturated carbocycles. The molecule has 0 spiro atoms. The van der Waals surface area contributed by atoms with Crippen molar-refractivity contribution in [2.45, 2.75) is 6.43 Å². The quantitative estimate of drug-likeness (QED) is 0.713. The Hall–Kier alpha value is -1.54. The molecule has 0 atom stereocenters. The zero-order chi connectivity index (χ0) is 10.7. The predicted octanol–water partition coefficient (Wildman–Crippen LogP) is 2.27. The number of carbonyl (C=O) groups is 1. The van der Waals surface area contributed by atoms with Gasteiger partial charge in [-0.25, -0.2) is 8.78 Å². The van der Waals surface area contributed by atoms with E-state index in [1.165, 1.54) is 0 Å². The van der Waals surface area contributed by atoms with Crippen LogP contribution in [0.5, 0.6) is 0 Å². The number of halogens is 3. The maximum atomic E-state index is 12.1. The van der Waals surface area contributed by atoms with Gasteiger partial charge in [0, 0.05) is 6.20 Å². The Labute approximate surface area is 82.9 Å². The summed E-state index contributed by atoms with van der Waals surface area (Å²) in [7, 11) is 0. The van der Waals surface area contributed by atoms with Crippen molar-refractivity contribution in [1.82, 2.24) is 4.98 Å². The Balaban J connectivity index is 3.27. The molecule has 0 aliphatic carbocycles. The van der Waals surface area contributed by atoms with E-state index in [1.54, 1.807) is 6.07 Å². The molecule has 0 radical (unpaired) electrons. The van der Waals surface area contributed by atoms with Crippen molar-refractivity contribution in [3.8, 4) is 6.07 Å². The third-order valence-electron chi connectivity index (χ3n) is 1.48. The number of nitrogens with zero attached hydrogens (tertiary/aromatic N) is 2. The fourth-order valence-corrected chi connectivity index (χ4v) is 0.991. The molecule has 0 unspecified atom stereocenters. The Kier molecular flexibility index (Phi) is 3.10. The van der Waals surface area contributed by atoms with E-state index in [-0.39, 0.29) is 11.1 Å². The normalized spacial score (nSPS) is 9.93. The van der Waals surface area contributed by atoms with Gasteiger partial charge in [0.25, 0.3) is 11.7 Å². The summed E-state index contributed by atoms with van der Waals surface area (Å²) in [6, 6.07) is 2.44. The molecule has 14 heavy (non-hydrogen) atoms. The summed E-state index contributed by atoms with van der Waals surface area (Å²) in [5.41, 5.74) is -0.919. The van der Waals surface area contributed by atoms with E-state index in [0.29, 0.717) is 0 Å². The topological polar surface area (TPSA) is 53.8 Å². The van der Waals surface area contributed by atoms with Crippen LogP contribution in [0.4, 0.5) is 8.78 Å². The van der Waals surface area contributed by atoms with Crippen molar-refractivity contribution in [1.29, 1.82) is 5.26 Å². The molecule has 0 aliphatic rings. The van der Waals surface area contributed by atoms with Gasteiger partial charge < -0.3 is 0 Å². The molecule has 0 saturated heterocycles. The highest BCUT2D eigenvalue weighted by Crippen LogP contribution is 2.19. The van der Waals surface area contributed by atoms with Crippen LogP contribution in [-0.4, -0.2) is 10.2 Å². The van der Waals surface area contributed by atoms with E-state index in [1.807, 2.05) is 0 Å². The summed E-state index contributed by atoms with van der Waals surface area (Å²) < 4.78 is 24.3. The molecule has 6 heteroatoms. The number of aromatic nitrogens is 1. The van der Waals surface area contributed by atoms with Crippen molar-refractivity contribution in [2.75, 3.05) is 0 Å². The number of hydrogen-bond donors (Lipinski definition) is 0. The first-order valence-electron chi connectivity index (χ1n) is 3.44. The van der Waals surface area contributed by atoms with E-state index in [2.05, 4.69) is 4.98 Å². The molecule has 3 nitrogen and oxygen atoms in total. The van der Waals surface area contributed by atoms with E-state index in [9.17, 15) is 13.6 Å². The molecule has 1 heterocycles. The molecule has 0 N–H and O–H groups in total. The molecule has 0 aliphatic heterocycles. The number of hydrogen-bond acceptors (Lipinski definition) is 3. The van der Waals surface area contributed by atoms with Crippen LogP contribution in [0.25, 0.3) is 0 Å². The Morgan fingerprint density at radius 1 is 1.64 bits per heavy atom. The second kappa shape index (κ2) is 4.11. The number of nitriles is 1. The average molecular weight is 217 g/mol. The van der Waals surface area contributed by atoms with E-state index >= 15 is 0 Å². The Morgan fingerprint density at radius 2 is 2.29 bits per heavy atom. The minimum atomic E-state index is -2.78. The average Bonchev–Trinajstić information content (AvgIpc) is 2.16. The van der Waals surface area contributed by atoms with Gasteiger partial charge >= 0.3 is 0 Å². The number of alkyl halides is 2. The van der Waals surface area contributed by atoms with Gasteiger partial charge in [-0.05, 0) is 17.7 Å². The van der Waals surface area contributed by atoms with Gasteiger partial charge in [0.1, 0.15) is 11.8 Å². The first-order chi connectivity index (χ1) is 6.56. The van der Waals surface area contributed by atoms with Crippen LogP contribution in [0.1, 0.15) is 28.0 Å². The smallest absolute Gasteiger partial charge is 0.275 e. The molecule has 0 fully saturated rings. The van der Waals surface area contributed by atoms with Crippen LogP contribution >= 0.6 is 11.6 Å². The zero-order valence-corrected chi connectivity index (χ0v) is 7.42. The van der Waals surface area contributed by atoms with Crippen molar-refractivity contribution in [3.63, 3.8) is 0 Å². The van der Waals surface area contributed by atoms with Crippen LogP contribution in [0, 0.1) is 11.3 Å². The molecule has 1 aromatic heterocycles. The SMILES string of the molecule is N#Cc1cc(C(F)F)ncc1C(=O)Cl. The molecule has 1 aromatic rings. The predicted molar refractivity (Wildman–Crippen MR) is 44.1 cm³/mol. The van der Waals surface area contributed by atoms with Crippen LogP contribution in [0.2, 0.25) is 0 Å². The monoisotopic (exact) mass is 216 g/mol. The van der Waals surface area contributed by atoms with Crippen LogP contribution in [0.15, 0.2) is 12.3 Å². The molecule has 0 bridgehead atoms. The molecule has 0 aromatic carbocycles. The highest BCUT2D eigenvalue weighted by Gasteiger charge is 2.15. The largest absolute Gasteiger partial charge is 0.280 e. The highest BCUT2D eigenvalue weighted by molar-refractivity contribution is 6.68. The van der Waals surface area contributed by atoms with Crippen LogP contribution in [0.3, 0.4) is 0 Å². The van der Waals surface area contributed by atoms with Crippen molar-refractivity contribution < 1.29 is 13.6 Å². The fourth-order valence-electron chi connectivity index (χ4n) is 0.840. The van der Waals surface area contributed by atoms with Gasteiger partial charge in [-0.1, -0.05) is 0 Å². The summed E-state index contributed by atoms with van der Waals surface area (Å²) in [5, 5.41) is 7.65. The minimum Gasteiger partial charge on any atom is -0.275 e. The summed E-state index contributed by atoms with van der Waals surface area (Å²) in [6.45, 7) is 0. The van der Waals surface area contributed by atoms with Gasteiger partial charge in [-0.2, -0.15) is 5.26 Å². The highest BCUT2D eigenvalue weighted by atomic mass is 35.5. The van der Waals surface area contributed by atoms with Gasteiger partial charge in [0.15, 0.2) is 0 Å². The van der Waals surface area contributed by atoms with Gasteiger partial charge in [0.05, 0.1) is 11.1 Å². The standard InChI is InChI=1S/C8H3ClF2N2O/c9-7(14)5-3-13-6(8(10)11)1-4(5)2-12/h1,3,8H. The molecule has 1 rings (SSSR count). The third-order valence-corrected chi connectivity index (χ3v) is 1.68. The van der Waals surface area contributed by atoms with Crippen molar-refractivity contribution in [3.05, 3.63) is 29.1 Å². The van der Waals surface area contributed by atoms with Gasteiger partial charge in [0.2, 0.25) is 0 Å². The Bertz CT molecular complexity index is 414. The first kappa shape index (κ1) is 10.5. The van der Waals surface area contributed by atoms with E-state index in [0.717, 1.165) is 12.3 Å². The van der Waals surface area contributed by atoms with Gasteiger partial charge in [-0.15, -0.1) is 0 Å².